The van der Waals surface area contributed by atoms with Crippen molar-refractivity contribution in [1.29, 1.82) is 0 Å². The first-order valence-electron chi connectivity index (χ1n) is 10.8. The van der Waals surface area contributed by atoms with E-state index < -0.39 is 11.5 Å². The number of rotatable bonds is 5. The Morgan fingerprint density at radius 3 is 2.48 bits per heavy atom. The van der Waals surface area contributed by atoms with Crippen molar-refractivity contribution in [3.63, 3.8) is 0 Å². The van der Waals surface area contributed by atoms with E-state index in [-0.39, 0.29) is 23.7 Å². The number of ether oxygens (including phenoxy) is 1. The fourth-order valence-corrected chi connectivity index (χ4v) is 3.90. The number of likely N-dealkylation sites (N-methyl/N-ethyl adjacent to an activating group) is 1. The van der Waals surface area contributed by atoms with Crippen molar-refractivity contribution in [1.82, 2.24) is 10.2 Å². The van der Waals surface area contributed by atoms with Crippen LogP contribution < -0.4 is 10.1 Å². The van der Waals surface area contributed by atoms with Crippen LogP contribution in [0, 0.1) is 11.2 Å². The molecule has 2 atom stereocenters. The molecular formula is C25H31FN2O3. The molecule has 31 heavy (non-hydrogen) atoms. The normalized spacial score (nSPS) is 17.0. The number of nitrogens with one attached hydrogen (secondary N) is 1. The van der Waals surface area contributed by atoms with Gasteiger partial charge in [-0.05, 0) is 61.2 Å². The summed E-state index contributed by atoms with van der Waals surface area (Å²) in [7, 11) is 0. The Hall–Kier alpha value is -2.89. The zero-order chi connectivity index (χ0) is 22.8. The fourth-order valence-electron chi connectivity index (χ4n) is 3.90. The second kappa shape index (κ2) is 9.08. The van der Waals surface area contributed by atoms with Gasteiger partial charge in [0.15, 0.2) is 6.10 Å². The highest BCUT2D eigenvalue weighted by atomic mass is 19.1. The quantitative estimate of drug-likeness (QED) is 0.778. The van der Waals surface area contributed by atoms with Crippen molar-refractivity contribution in [2.24, 2.45) is 5.41 Å². The Morgan fingerprint density at radius 2 is 1.87 bits per heavy atom. The van der Waals surface area contributed by atoms with Crippen molar-refractivity contribution < 1.29 is 18.7 Å². The largest absolute Gasteiger partial charge is 0.481 e. The summed E-state index contributed by atoms with van der Waals surface area (Å²) in [6.07, 6.45) is 0.0826. The molecule has 1 N–H and O–H groups in total. The van der Waals surface area contributed by atoms with Crippen LogP contribution in [0.25, 0.3) is 0 Å². The number of nitrogens with zero attached hydrogens (tertiary/aromatic N) is 1. The van der Waals surface area contributed by atoms with E-state index in [0.29, 0.717) is 18.8 Å². The lowest BCUT2D eigenvalue weighted by Crippen LogP contribution is -2.45. The average Bonchev–Trinajstić information content (AvgIpc) is 2.72. The van der Waals surface area contributed by atoms with Crippen molar-refractivity contribution in [3.05, 3.63) is 65.0 Å². The van der Waals surface area contributed by atoms with Gasteiger partial charge in [0.1, 0.15) is 11.6 Å². The number of benzene rings is 2. The molecule has 0 saturated heterocycles. The molecule has 0 bridgehead atoms. The molecule has 2 unspecified atom stereocenters. The van der Waals surface area contributed by atoms with Crippen LogP contribution in [0.1, 0.15) is 57.4 Å². The molecule has 3 rings (SSSR count). The predicted octanol–water partition coefficient (Wildman–Crippen LogP) is 4.25. The smallest absolute Gasteiger partial charge is 0.260 e. The zero-order valence-electron chi connectivity index (χ0n) is 18.9. The monoisotopic (exact) mass is 426 g/mol. The first-order chi connectivity index (χ1) is 14.6. The Labute approximate surface area is 183 Å². The van der Waals surface area contributed by atoms with Crippen LogP contribution in [-0.2, 0) is 16.0 Å². The maximum atomic E-state index is 13.6. The molecule has 0 aromatic heterocycles. The zero-order valence-corrected chi connectivity index (χ0v) is 18.9. The van der Waals surface area contributed by atoms with Crippen molar-refractivity contribution in [2.75, 3.05) is 13.1 Å². The Kier molecular flexibility index (Phi) is 6.68. The van der Waals surface area contributed by atoms with Gasteiger partial charge in [0.25, 0.3) is 5.91 Å². The molecule has 0 spiro atoms. The minimum Gasteiger partial charge on any atom is -0.481 e. The number of hydrogen-bond acceptors (Lipinski definition) is 3. The predicted molar refractivity (Wildman–Crippen MR) is 118 cm³/mol. The Morgan fingerprint density at radius 1 is 1.19 bits per heavy atom. The minimum absolute atomic E-state index is 0.0366. The van der Waals surface area contributed by atoms with Gasteiger partial charge in [0.05, 0.1) is 6.04 Å². The van der Waals surface area contributed by atoms with E-state index >= 15 is 0 Å². The van der Waals surface area contributed by atoms with Crippen LogP contribution in [0.15, 0.2) is 42.5 Å². The summed E-state index contributed by atoms with van der Waals surface area (Å²) in [5.74, 6) is 0.102. The van der Waals surface area contributed by atoms with Gasteiger partial charge >= 0.3 is 0 Å². The van der Waals surface area contributed by atoms with Gasteiger partial charge < -0.3 is 15.0 Å². The lowest BCUT2D eigenvalue weighted by molar-refractivity contribution is -0.141. The summed E-state index contributed by atoms with van der Waals surface area (Å²) in [5, 5.41) is 2.75. The summed E-state index contributed by atoms with van der Waals surface area (Å²) in [6, 6.07) is 11.7. The van der Waals surface area contributed by atoms with Crippen molar-refractivity contribution in [2.45, 2.75) is 53.2 Å². The number of halogens is 1. The first kappa shape index (κ1) is 22.8. The summed E-state index contributed by atoms with van der Waals surface area (Å²) in [5.41, 5.74) is 2.35. The summed E-state index contributed by atoms with van der Waals surface area (Å²) in [4.78, 5) is 27.2. The van der Waals surface area contributed by atoms with Gasteiger partial charge in [-0.1, -0.05) is 39.0 Å². The third-order valence-corrected chi connectivity index (χ3v) is 5.47. The highest BCUT2D eigenvalue weighted by Gasteiger charge is 2.37. The molecule has 0 saturated carbocycles. The van der Waals surface area contributed by atoms with Crippen LogP contribution in [0.3, 0.4) is 0 Å². The molecule has 6 heteroatoms. The lowest BCUT2D eigenvalue weighted by Gasteiger charge is -2.41. The van der Waals surface area contributed by atoms with Gasteiger partial charge in [0.2, 0.25) is 5.91 Å². The van der Waals surface area contributed by atoms with Crippen molar-refractivity contribution >= 4 is 11.8 Å². The maximum Gasteiger partial charge on any atom is 0.260 e. The van der Waals surface area contributed by atoms with E-state index in [1.807, 2.05) is 50.8 Å². The SMILES string of the molecule is CCNC(=O)C(C)Oc1ccc2c(c1)C(c1ccc(F)cc1)N(C(=O)C(C)(C)C)CC2. The topological polar surface area (TPSA) is 58.6 Å². The molecule has 1 heterocycles. The highest BCUT2D eigenvalue weighted by Crippen LogP contribution is 2.39. The fraction of sp³-hybridized carbons (Fsp3) is 0.440. The molecule has 1 aliphatic heterocycles. The lowest BCUT2D eigenvalue weighted by atomic mass is 9.85. The molecule has 0 fully saturated rings. The average molecular weight is 427 g/mol. The van der Waals surface area contributed by atoms with Crippen LogP contribution in [-0.4, -0.2) is 35.9 Å². The molecule has 2 aromatic carbocycles. The molecule has 2 amide bonds. The third kappa shape index (κ3) is 5.06. The second-order valence-corrected chi connectivity index (χ2v) is 8.97. The first-order valence-corrected chi connectivity index (χ1v) is 10.8. The van der Waals surface area contributed by atoms with E-state index in [1.54, 1.807) is 19.1 Å². The standard InChI is InChI=1S/C25H31FN2O3/c1-6-27-23(29)16(2)31-20-12-9-17-13-14-28(24(30)25(3,4)5)22(21(17)15-20)18-7-10-19(26)11-8-18/h7-12,15-16,22H,6,13-14H2,1-5H3,(H,27,29). The summed E-state index contributed by atoms with van der Waals surface area (Å²) in [6.45, 7) is 10.4. The van der Waals surface area contributed by atoms with Gasteiger partial charge in [-0.3, -0.25) is 9.59 Å². The maximum absolute atomic E-state index is 13.6. The number of fused-ring (bicyclic) bond motifs is 1. The van der Waals surface area contributed by atoms with Crippen molar-refractivity contribution in [3.8, 4) is 5.75 Å². The van der Waals surface area contributed by atoms with E-state index in [0.717, 1.165) is 23.1 Å². The van der Waals surface area contributed by atoms with Gasteiger partial charge in [-0.15, -0.1) is 0 Å². The van der Waals surface area contributed by atoms with Crippen LogP contribution in [0.4, 0.5) is 4.39 Å². The Balaban J connectivity index is 2.02. The van der Waals surface area contributed by atoms with E-state index in [1.165, 1.54) is 12.1 Å². The second-order valence-electron chi connectivity index (χ2n) is 8.97. The molecule has 1 aliphatic rings. The summed E-state index contributed by atoms with van der Waals surface area (Å²) < 4.78 is 19.5. The number of carbonyl (C=O) groups is 2. The van der Waals surface area contributed by atoms with Crippen LogP contribution in [0.2, 0.25) is 0 Å². The van der Waals surface area contributed by atoms with Gasteiger partial charge in [-0.25, -0.2) is 4.39 Å². The molecular weight excluding hydrogens is 395 g/mol. The number of carbonyl (C=O) groups excluding carboxylic acids is 2. The molecule has 166 valence electrons. The Bertz CT molecular complexity index is 950. The minimum atomic E-state index is -0.641. The summed E-state index contributed by atoms with van der Waals surface area (Å²) >= 11 is 0. The number of hydrogen-bond donors (Lipinski definition) is 1. The molecule has 2 aromatic rings. The van der Waals surface area contributed by atoms with E-state index in [4.69, 9.17) is 4.74 Å². The molecule has 0 aliphatic carbocycles. The van der Waals surface area contributed by atoms with Crippen LogP contribution >= 0.6 is 0 Å². The molecule has 0 radical (unpaired) electrons. The van der Waals surface area contributed by atoms with Gasteiger partial charge in [-0.2, -0.15) is 0 Å². The molecule has 5 nitrogen and oxygen atoms in total. The van der Waals surface area contributed by atoms with Gasteiger partial charge in [0, 0.05) is 18.5 Å². The van der Waals surface area contributed by atoms with E-state index in [2.05, 4.69) is 5.32 Å². The number of amides is 2. The van der Waals surface area contributed by atoms with Crippen LogP contribution in [0.5, 0.6) is 5.75 Å². The highest BCUT2D eigenvalue weighted by molar-refractivity contribution is 5.83. The third-order valence-electron chi connectivity index (χ3n) is 5.47. The van der Waals surface area contributed by atoms with E-state index in [9.17, 15) is 14.0 Å².